The Hall–Kier alpha value is -1.83. The third-order valence-corrected chi connectivity index (χ3v) is 3.71. The maximum atomic E-state index is 12.1. The molecule has 1 aliphatic rings. The van der Waals surface area contributed by atoms with Crippen LogP contribution in [0.3, 0.4) is 0 Å². The van der Waals surface area contributed by atoms with Gasteiger partial charge in [-0.05, 0) is 33.6 Å². The van der Waals surface area contributed by atoms with Gasteiger partial charge in [-0.3, -0.25) is 9.59 Å². The fraction of sp³-hybridized carbons (Fsp3) is 0.812. The fourth-order valence-electron chi connectivity index (χ4n) is 2.40. The molecule has 0 aliphatic carbocycles. The number of ether oxygens (including phenoxy) is 2. The molecule has 0 saturated carbocycles. The third kappa shape index (κ3) is 7.16. The Balaban J connectivity index is 2.33. The number of amides is 2. The van der Waals surface area contributed by atoms with Gasteiger partial charge in [0, 0.05) is 31.6 Å². The van der Waals surface area contributed by atoms with Crippen molar-refractivity contribution in [3.63, 3.8) is 0 Å². The monoisotopic (exact) mass is 343 g/mol. The molecule has 8 nitrogen and oxygen atoms in total. The van der Waals surface area contributed by atoms with E-state index in [0.717, 1.165) is 0 Å². The average molecular weight is 343 g/mol. The van der Waals surface area contributed by atoms with E-state index < -0.39 is 17.6 Å². The number of carbonyl (C=O) groups excluding carboxylic acids is 3. The first kappa shape index (κ1) is 20.2. The maximum Gasteiger partial charge on any atom is 0.410 e. The molecule has 1 heterocycles. The molecule has 0 bridgehead atoms. The second kappa shape index (κ2) is 8.86. The van der Waals surface area contributed by atoms with Crippen molar-refractivity contribution in [2.24, 2.45) is 11.7 Å². The van der Waals surface area contributed by atoms with E-state index in [4.69, 9.17) is 10.5 Å². The van der Waals surface area contributed by atoms with Crippen LogP contribution in [0.2, 0.25) is 0 Å². The highest BCUT2D eigenvalue weighted by atomic mass is 16.6. The van der Waals surface area contributed by atoms with Gasteiger partial charge in [-0.25, -0.2) is 4.79 Å². The van der Waals surface area contributed by atoms with E-state index in [2.05, 4.69) is 10.1 Å². The Kier molecular flexibility index (Phi) is 7.47. The molecular weight excluding hydrogens is 314 g/mol. The molecule has 1 aliphatic heterocycles. The van der Waals surface area contributed by atoms with Crippen molar-refractivity contribution in [3.8, 4) is 0 Å². The van der Waals surface area contributed by atoms with Crippen molar-refractivity contribution in [1.29, 1.82) is 0 Å². The lowest BCUT2D eigenvalue weighted by atomic mass is 9.96. The zero-order valence-corrected chi connectivity index (χ0v) is 15.0. The van der Waals surface area contributed by atoms with Crippen LogP contribution >= 0.6 is 0 Å². The first-order valence-corrected chi connectivity index (χ1v) is 8.20. The molecule has 0 aromatic heterocycles. The van der Waals surface area contributed by atoms with Crippen LogP contribution in [0.25, 0.3) is 0 Å². The number of esters is 1. The molecular formula is C16H29N3O5. The molecule has 0 aromatic rings. The summed E-state index contributed by atoms with van der Waals surface area (Å²) in [7, 11) is 1.30. The van der Waals surface area contributed by atoms with Crippen LogP contribution in [-0.4, -0.2) is 61.3 Å². The van der Waals surface area contributed by atoms with Crippen LogP contribution in [0.1, 0.15) is 40.0 Å². The average Bonchev–Trinajstić information content (AvgIpc) is 2.51. The van der Waals surface area contributed by atoms with Gasteiger partial charge in [-0.15, -0.1) is 0 Å². The summed E-state index contributed by atoms with van der Waals surface area (Å²) in [6.07, 6.45) is 0.879. The Labute approximate surface area is 143 Å². The van der Waals surface area contributed by atoms with Crippen LogP contribution in [0, 0.1) is 5.92 Å². The minimum absolute atomic E-state index is 0.0634. The van der Waals surface area contributed by atoms with E-state index in [0.29, 0.717) is 25.9 Å². The molecule has 0 radical (unpaired) electrons. The standard InChI is InChI=1S/C16H29N3O5/c1-16(2,3)24-15(22)19-7-5-11(6-8-19)14(21)18-10-12(17)9-13(20)23-4/h11-12H,5-10,17H2,1-4H3,(H,18,21). The molecule has 8 heteroatoms. The minimum Gasteiger partial charge on any atom is -0.469 e. The van der Waals surface area contributed by atoms with E-state index in [-0.39, 0.29) is 30.9 Å². The van der Waals surface area contributed by atoms with Crippen molar-refractivity contribution < 1.29 is 23.9 Å². The fourth-order valence-corrected chi connectivity index (χ4v) is 2.40. The Morgan fingerprint density at radius 3 is 2.33 bits per heavy atom. The molecule has 0 aromatic carbocycles. The lowest BCUT2D eigenvalue weighted by Gasteiger charge is -2.33. The summed E-state index contributed by atoms with van der Waals surface area (Å²) in [5, 5.41) is 2.76. The molecule has 1 unspecified atom stereocenters. The number of hydrogen-bond acceptors (Lipinski definition) is 6. The number of carbonyl (C=O) groups is 3. The number of nitrogens with one attached hydrogen (secondary N) is 1. The largest absolute Gasteiger partial charge is 0.469 e. The summed E-state index contributed by atoms with van der Waals surface area (Å²) in [6.45, 7) is 6.66. The number of hydrogen-bond donors (Lipinski definition) is 2. The number of rotatable bonds is 5. The molecule has 2 amide bonds. The lowest BCUT2D eigenvalue weighted by molar-refractivity contribution is -0.141. The van der Waals surface area contributed by atoms with Crippen molar-refractivity contribution in [3.05, 3.63) is 0 Å². The van der Waals surface area contributed by atoms with E-state index in [9.17, 15) is 14.4 Å². The van der Waals surface area contributed by atoms with Crippen molar-refractivity contribution in [2.45, 2.75) is 51.7 Å². The molecule has 1 atom stereocenters. The van der Waals surface area contributed by atoms with Crippen LogP contribution < -0.4 is 11.1 Å². The van der Waals surface area contributed by atoms with Gasteiger partial charge in [0.05, 0.1) is 13.5 Å². The smallest absolute Gasteiger partial charge is 0.410 e. The summed E-state index contributed by atoms with van der Waals surface area (Å²) in [5.41, 5.74) is 5.24. The zero-order chi connectivity index (χ0) is 18.3. The van der Waals surface area contributed by atoms with Gasteiger partial charge in [0.2, 0.25) is 5.91 Å². The number of piperidine rings is 1. The molecule has 1 saturated heterocycles. The second-order valence-electron chi connectivity index (χ2n) is 7.03. The zero-order valence-electron chi connectivity index (χ0n) is 15.0. The summed E-state index contributed by atoms with van der Waals surface area (Å²) >= 11 is 0. The van der Waals surface area contributed by atoms with E-state index in [1.807, 2.05) is 20.8 Å². The quantitative estimate of drug-likeness (QED) is 0.709. The van der Waals surface area contributed by atoms with Gasteiger partial charge in [0.25, 0.3) is 0 Å². The Morgan fingerprint density at radius 1 is 1.25 bits per heavy atom. The van der Waals surface area contributed by atoms with E-state index >= 15 is 0 Å². The van der Waals surface area contributed by atoms with Gasteiger partial charge in [0.15, 0.2) is 0 Å². The lowest BCUT2D eigenvalue weighted by Crippen LogP contribution is -2.46. The molecule has 24 heavy (non-hydrogen) atoms. The number of methoxy groups -OCH3 is 1. The summed E-state index contributed by atoms with van der Waals surface area (Å²) in [4.78, 5) is 36.9. The van der Waals surface area contributed by atoms with Crippen LogP contribution in [-0.2, 0) is 19.1 Å². The van der Waals surface area contributed by atoms with Crippen molar-refractivity contribution in [2.75, 3.05) is 26.7 Å². The molecule has 0 spiro atoms. The number of nitrogens with zero attached hydrogens (tertiary/aromatic N) is 1. The maximum absolute atomic E-state index is 12.1. The van der Waals surface area contributed by atoms with Gasteiger partial charge in [0.1, 0.15) is 5.60 Å². The van der Waals surface area contributed by atoms with Gasteiger partial charge in [-0.1, -0.05) is 0 Å². The van der Waals surface area contributed by atoms with E-state index in [1.165, 1.54) is 7.11 Å². The summed E-state index contributed by atoms with van der Waals surface area (Å²) in [5.74, 6) is -0.657. The molecule has 3 N–H and O–H groups in total. The Morgan fingerprint density at radius 2 is 1.83 bits per heavy atom. The van der Waals surface area contributed by atoms with Crippen LogP contribution in [0.5, 0.6) is 0 Å². The van der Waals surface area contributed by atoms with E-state index in [1.54, 1.807) is 4.90 Å². The summed E-state index contributed by atoms with van der Waals surface area (Å²) < 4.78 is 9.86. The number of likely N-dealkylation sites (tertiary alicyclic amines) is 1. The first-order chi connectivity index (χ1) is 11.1. The molecule has 138 valence electrons. The highest BCUT2D eigenvalue weighted by molar-refractivity contribution is 5.79. The second-order valence-corrected chi connectivity index (χ2v) is 7.03. The highest BCUT2D eigenvalue weighted by Gasteiger charge is 2.30. The normalized spacial score (nSPS) is 17.1. The minimum atomic E-state index is -0.527. The van der Waals surface area contributed by atoms with Crippen molar-refractivity contribution >= 4 is 18.0 Å². The number of nitrogens with two attached hydrogens (primary N) is 1. The van der Waals surface area contributed by atoms with Gasteiger partial charge in [-0.2, -0.15) is 0 Å². The topological polar surface area (TPSA) is 111 Å². The first-order valence-electron chi connectivity index (χ1n) is 8.20. The third-order valence-electron chi connectivity index (χ3n) is 3.71. The SMILES string of the molecule is COC(=O)CC(N)CNC(=O)C1CCN(C(=O)OC(C)(C)C)CC1. The molecule has 1 fully saturated rings. The predicted octanol–water partition coefficient (Wildman–Crippen LogP) is 0.640. The van der Waals surface area contributed by atoms with Crippen LogP contribution in [0.15, 0.2) is 0 Å². The molecule has 1 rings (SSSR count). The van der Waals surface area contributed by atoms with Gasteiger partial charge < -0.3 is 25.4 Å². The summed E-state index contributed by atoms with van der Waals surface area (Å²) in [6, 6.07) is -0.469. The van der Waals surface area contributed by atoms with Crippen LogP contribution in [0.4, 0.5) is 4.79 Å². The highest BCUT2D eigenvalue weighted by Crippen LogP contribution is 2.19. The van der Waals surface area contributed by atoms with Gasteiger partial charge >= 0.3 is 12.1 Å². The predicted molar refractivity (Wildman–Crippen MR) is 88.1 cm³/mol. The van der Waals surface area contributed by atoms with Crippen molar-refractivity contribution in [1.82, 2.24) is 10.2 Å². The Bertz CT molecular complexity index is 453.